The molecule has 0 spiro atoms. The molecular weight excluding hydrogens is 260 g/mol. The minimum Gasteiger partial charge on any atom is -0.508 e. The summed E-state index contributed by atoms with van der Waals surface area (Å²) in [6.07, 6.45) is 0. The highest BCUT2D eigenvalue weighted by molar-refractivity contribution is 6.02. The second-order valence-corrected chi connectivity index (χ2v) is 5.28. The second-order valence-electron chi connectivity index (χ2n) is 5.28. The fourth-order valence-electron chi connectivity index (χ4n) is 1.30. The van der Waals surface area contributed by atoms with Crippen LogP contribution in [0.5, 0.6) is 5.75 Å². The molecule has 0 aliphatic heterocycles. The van der Waals surface area contributed by atoms with E-state index in [9.17, 15) is 9.59 Å². The maximum absolute atomic E-state index is 11.8. The first-order valence-electron chi connectivity index (χ1n) is 6.12. The summed E-state index contributed by atoms with van der Waals surface area (Å²) >= 11 is 0. The molecule has 6 heteroatoms. The Morgan fingerprint density at radius 1 is 1.20 bits per heavy atom. The van der Waals surface area contributed by atoms with Gasteiger partial charge in [0, 0.05) is 0 Å². The predicted octanol–water partition coefficient (Wildman–Crippen LogP) is 2.78. The SMILES string of the molecule is CC(=O)C(N=Nc1ccc(O)cc1)C(=O)OC(C)(C)C. The number of hydrogen-bond acceptors (Lipinski definition) is 6. The van der Waals surface area contributed by atoms with Gasteiger partial charge in [-0.25, -0.2) is 4.79 Å². The Morgan fingerprint density at radius 2 is 1.75 bits per heavy atom. The molecule has 0 aliphatic carbocycles. The number of hydrogen-bond donors (Lipinski definition) is 1. The number of phenols is 1. The molecule has 20 heavy (non-hydrogen) atoms. The van der Waals surface area contributed by atoms with Crippen LogP contribution in [0.2, 0.25) is 0 Å². The summed E-state index contributed by atoms with van der Waals surface area (Å²) < 4.78 is 5.12. The predicted molar refractivity (Wildman–Crippen MR) is 72.9 cm³/mol. The molecule has 0 amide bonds. The summed E-state index contributed by atoms with van der Waals surface area (Å²) in [7, 11) is 0. The normalized spacial score (nSPS) is 13.2. The Morgan fingerprint density at radius 3 is 2.20 bits per heavy atom. The van der Waals surface area contributed by atoms with Crippen molar-refractivity contribution in [3.05, 3.63) is 24.3 Å². The van der Waals surface area contributed by atoms with Crippen LogP contribution in [0.25, 0.3) is 0 Å². The van der Waals surface area contributed by atoms with E-state index in [1.165, 1.54) is 31.2 Å². The number of aromatic hydroxyl groups is 1. The number of Topliss-reactive ketones (excluding diaryl/α,β-unsaturated/α-hetero) is 1. The minimum absolute atomic E-state index is 0.0965. The van der Waals surface area contributed by atoms with Crippen molar-refractivity contribution in [1.29, 1.82) is 0 Å². The lowest BCUT2D eigenvalue weighted by Crippen LogP contribution is -2.34. The van der Waals surface area contributed by atoms with Gasteiger partial charge in [-0.05, 0) is 52.0 Å². The fourth-order valence-corrected chi connectivity index (χ4v) is 1.30. The number of phenolic OH excluding ortho intramolecular Hbond substituents is 1. The molecule has 0 saturated carbocycles. The van der Waals surface area contributed by atoms with Gasteiger partial charge in [-0.2, -0.15) is 10.2 Å². The third-order valence-electron chi connectivity index (χ3n) is 2.15. The van der Waals surface area contributed by atoms with Crippen LogP contribution >= 0.6 is 0 Å². The van der Waals surface area contributed by atoms with Crippen LogP contribution in [-0.2, 0) is 14.3 Å². The molecule has 0 aliphatic rings. The molecule has 0 fully saturated rings. The molecule has 1 aromatic rings. The van der Waals surface area contributed by atoms with Gasteiger partial charge in [-0.15, -0.1) is 0 Å². The van der Waals surface area contributed by atoms with Crippen LogP contribution in [0, 0.1) is 0 Å². The topological polar surface area (TPSA) is 88.3 Å². The Balaban J connectivity index is 2.85. The number of ketones is 1. The van der Waals surface area contributed by atoms with E-state index < -0.39 is 23.4 Å². The van der Waals surface area contributed by atoms with Crippen molar-refractivity contribution in [2.75, 3.05) is 0 Å². The lowest BCUT2D eigenvalue weighted by atomic mass is 10.1. The zero-order valence-electron chi connectivity index (χ0n) is 12.0. The van der Waals surface area contributed by atoms with Crippen LogP contribution in [0.15, 0.2) is 34.5 Å². The average molecular weight is 278 g/mol. The van der Waals surface area contributed by atoms with Gasteiger partial charge in [-0.1, -0.05) is 0 Å². The second kappa shape index (κ2) is 6.27. The summed E-state index contributed by atoms with van der Waals surface area (Å²) in [6, 6.07) is 4.63. The van der Waals surface area contributed by atoms with E-state index in [4.69, 9.17) is 9.84 Å². The average Bonchev–Trinajstić information content (AvgIpc) is 2.29. The van der Waals surface area contributed by atoms with Crippen LogP contribution in [-0.4, -0.2) is 28.5 Å². The van der Waals surface area contributed by atoms with Crippen LogP contribution in [0.1, 0.15) is 27.7 Å². The molecule has 0 radical (unpaired) electrons. The van der Waals surface area contributed by atoms with Gasteiger partial charge in [0.15, 0.2) is 5.78 Å². The van der Waals surface area contributed by atoms with Gasteiger partial charge in [0.25, 0.3) is 0 Å². The molecule has 1 N–H and O–H groups in total. The Kier molecular flexibility index (Phi) is 4.96. The van der Waals surface area contributed by atoms with E-state index in [2.05, 4.69) is 10.2 Å². The fraction of sp³-hybridized carbons (Fsp3) is 0.429. The van der Waals surface area contributed by atoms with Crippen LogP contribution in [0.3, 0.4) is 0 Å². The van der Waals surface area contributed by atoms with Crippen molar-refractivity contribution < 1.29 is 19.4 Å². The molecule has 0 bridgehead atoms. The summed E-state index contributed by atoms with van der Waals surface area (Å²) in [5.74, 6) is -1.08. The highest BCUT2D eigenvalue weighted by atomic mass is 16.6. The first-order valence-corrected chi connectivity index (χ1v) is 6.12. The number of nitrogens with zero attached hydrogens (tertiary/aromatic N) is 2. The van der Waals surface area contributed by atoms with Crippen LogP contribution in [0.4, 0.5) is 5.69 Å². The van der Waals surface area contributed by atoms with Crippen molar-refractivity contribution in [1.82, 2.24) is 0 Å². The number of rotatable bonds is 4. The molecule has 1 atom stereocenters. The number of carbonyl (C=O) groups is 2. The van der Waals surface area contributed by atoms with E-state index in [1.807, 2.05) is 0 Å². The lowest BCUT2D eigenvalue weighted by Gasteiger charge is -2.20. The number of azo groups is 1. The van der Waals surface area contributed by atoms with Gasteiger partial charge >= 0.3 is 5.97 Å². The highest BCUT2D eigenvalue weighted by Crippen LogP contribution is 2.18. The van der Waals surface area contributed by atoms with Gasteiger partial charge in [-0.3, -0.25) is 4.79 Å². The molecule has 6 nitrogen and oxygen atoms in total. The van der Waals surface area contributed by atoms with E-state index in [1.54, 1.807) is 20.8 Å². The summed E-state index contributed by atoms with van der Waals surface area (Å²) in [6.45, 7) is 6.38. The smallest absolute Gasteiger partial charge is 0.341 e. The van der Waals surface area contributed by atoms with Crippen molar-refractivity contribution >= 4 is 17.4 Å². The lowest BCUT2D eigenvalue weighted by molar-refractivity contribution is -0.157. The monoisotopic (exact) mass is 278 g/mol. The van der Waals surface area contributed by atoms with Crippen molar-refractivity contribution in [3.63, 3.8) is 0 Å². The summed E-state index contributed by atoms with van der Waals surface area (Å²) in [5.41, 5.74) is -0.267. The Hall–Kier alpha value is -2.24. The van der Waals surface area contributed by atoms with E-state index in [0.29, 0.717) is 5.69 Å². The molecule has 1 rings (SSSR count). The molecule has 1 unspecified atom stereocenters. The third-order valence-corrected chi connectivity index (χ3v) is 2.15. The first-order chi connectivity index (χ1) is 9.19. The maximum Gasteiger partial charge on any atom is 0.341 e. The molecule has 108 valence electrons. The largest absolute Gasteiger partial charge is 0.508 e. The molecule has 0 heterocycles. The quantitative estimate of drug-likeness (QED) is 0.521. The summed E-state index contributed by atoms with van der Waals surface area (Å²) in [5, 5.41) is 16.7. The number of benzene rings is 1. The van der Waals surface area contributed by atoms with Gasteiger partial charge < -0.3 is 9.84 Å². The van der Waals surface area contributed by atoms with E-state index in [0.717, 1.165) is 0 Å². The van der Waals surface area contributed by atoms with Gasteiger partial charge in [0.05, 0.1) is 5.69 Å². The number of carbonyl (C=O) groups excluding carboxylic acids is 2. The highest BCUT2D eigenvalue weighted by Gasteiger charge is 2.28. The standard InChI is InChI=1S/C14H18N2O4/c1-9(17)12(13(19)20-14(2,3)4)16-15-10-5-7-11(18)8-6-10/h5-8,12,18H,1-4H3. The van der Waals surface area contributed by atoms with Gasteiger partial charge in [0.2, 0.25) is 6.04 Å². The van der Waals surface area contributed by atoms with Crippen molar-refractivity contribution in [3.8, 4) is 5.75 Å². The minimum atomic E-state index is -1.27. The maximum atomic E-state index is 11.8. The number of esters is 1. The molecular formula is C14H18N2O4. The van der Waals surface area contributed by atoms with Gasteiger partial charge in [0.1, 0.15) is 11.4 Å². The first kappa shape index (κ1) is 15.8. The van der Waals surface area contributed by atoms with Crippen molar-refractivity contribution in [2.24, 2.45) is 10.2 Å². The zero-order valence-corrected chi connectivity index (χ0v) is 12.0. The molecule has 0 saturated heterocycles. The Bertz CT molecular complexity index is 515. The van der Waals surface area contributed by atoms with Crippen molar-refractivity contribution in [2.45, 2.75) is 39.3 Å². The number of ether oxygens (including phenoxy) is 1. The molecule has 0 aromatic heterocycles. The third kappa shape index (κ3) is 5.17. The van der Waals surface area contributed by atoms with E-state index in [-0.39, 0.29) is 5.75 Å². The molecule has 1 aromatic carbocycles. The zero-order chi connectivity index (χ0) is 15.3. The Labute approximate surface area is 117 Å². The van der Waals surface area contributed by atoms with E-state index >= 15 is 0 Å². The van der Waals surface area contributed by atoms with Crippen LogP contribution < -0.4 is 0 Å². The summed E-state index contributed by atoms with van der Waals surface area (Å²) in [4.78, 5) is 23.3.